The van der Waals surface area contributed by atoms with Crippen molar-refractivity contribution in [1.82, 2.24) is 5.32 Å². The van der Waals surface area contributed by atoms with Crippen LogP contribution in [0.5, 0.6) is 0 Å². The first-order chi connectivity index (χ1) is 42.4. The first-order valence-electron chi connectivity index (χ1n) is 35.1. The molecule has 0 radical (unpaired) electrons. The lowest BCUT2D eigenvalue weighted by atomic mass is 10.0. The molecule has 9 nitrogen and oxygen atoms in total. The van der Waals surface area contributed by atoms with Gasteiger partial charge in [-0.15, -0.1) is 0 Å². The summed E-state index contributed by atoms with van der Waals surface area (Å²) in [5.41, 5.74) is 0. The quantitative estimate of drug-likeness (QED) is 0.0212. The van der Waals surface area contributed by atoms with Crippen molar-refractivity contribution in [3.8, 4) is 0 Å². The lowest BCUT2D eigenvalue weighted by molar-refractivity contribution is -0.870. The minimum absolute atomic E-state index is 0.0354. The van der Waals surface area contributed by atoms with Crippen molar-refractivity contribution in [1.29, 1.82) is 0 Å². The molecule has 0 bridgehead atoms. The average Bonchev–Trinajstić information content (AvgIpc) is 3.69. The molecule has 0 aromatic carbocycles. The Morgan fingerprint density at radius 2 is 0.736 bits per heavy atom. The van der Waals surface area contributed by atoms with Gasteiger partial charge in [0.1, 0.15) is 19.3 Å². The zero-order chi connectivity index (χ0) is 63.5. The van der Waals surface area contributed by atoms with Crippen LogP contribution in [0.25, 0.3) is 0 Å². The smallest absolute Gasteiger partial charge is 0.306 e. The van der Waals surface area contributed by atoms with Crippen molar-refractivity contribution >= 4 is 19.7 Å². The highest BCUT2D eigenvalue weighted by Gasteiger charge is 2.27. The average molecular weight is 1230 g/mol. The number of nitrogens with one attached hydrogen (secondary N) is 1. The number of esters is 1. The lowest BCUT2D eigenvalue weighted by Crippen LogP contribution is -2.47. The van der Waals surface area contributed by atoms with Crippen LogP contribution in [0.2, 0.25) is 0 Å². The molecular weight excluding hydrogens is 1100 g/mol. The summed E-state index contributed by atoms with van der Waals surface area (Å²) in [5, 5.41) is 3.03. The third kappa shape index (κ3) is 66.1. The SMILES string of the molecule is CC/C=C\C/C=C\C/C=C\C/C=C\C/C=C\C/C=C\CCCCCCCCCCC(=O)NC(COP(=O)([O-])OCC[N+](C)(C)C)C(/C=C\CCCCCCCCCCCCC)OC(=O)CCCCCCC/C=C\C/C=C\C/C=C\C/C=C\C/C=C\CC. The molecule has 0 saturated heterocycles. The molecule has 3 atom stereocenters. The summed E-state index contributed by atoms with van der Waals surface area (Å²) in [7, 11) is 1.15. The Bertz CT molecular complexity index is 2000. The number of hydrogen-bond donors (Lipinski definition) is 1. The van der Waals surface area contributed by atoms with E-state index in [-0.39, 0.29) is 24.9 Å². The normalized spacial score (nSPS) is 14.4. The van der Waals surface area contributed by atoms with E-state index in [1.165, 1.54) is 83.5 Å². The summed E-state index contributed by atoms with van der Waals surface area (Å²) in [5.74, 6) is -0.579. The highest BCUT2D eigenvalue weighted by atomic mass is 31.2. The molecular formula is C77H131N2O7P. The molecule has 87 heavy (non-hydrogen) atoms. The van der Waals surface area contributed by atoms with Crippen molar-refractivity contribution in [2.45, 2.75) is 290 Å². The number of carbonyl (C=O) groups is 2. The van der Waals surface area contributed by atoms with Gasteiger partial charge in [0.05, 0.1) is 33.8 Å². The van der Waals surface area contributed by atoms with Crippen LogP contribution in [-0.4, -0.2) is 69.4 Å². The van der Waals surface area contributed by atoms with E-state index in [9.17, 15) is 19.0 Å². The fraction of sp³-hybridized carbons (Fsp3) is 0.662. The van der Waals surface area contributed by atoms with Gasteiger partial charge in [0.2, 0.25) is 5.91 Å². The first kappa shape index (κ1) is 82.9. The summed E-state index contributed by atoms with van der Waals surface area (Å²) in [6.07, 6.45) is 93.9. The largest absolute Gasteiger partial charge is 0.756 e. The van der Waals surface area contributed by atoms with Crippen LogP contribution in [-0.2, 0) is 27.9 Å². The van der Waals surface area contributed by atoms with E-state index in [0.717, 1.165) is 154 Å². The zero-order valence-electron chi connectivity index (χ0n) is 56.7. The first-order valence-corrected chi connectivity index (χ1v) is 36.6. The van der Waals surface area contributed by atoms with Gasteiger partial charge < -0.3 is 28.5 Å². The van der Waals surface area contributed by atoms with Gasteiger partial charge >= 0.3 is 5.97 Å². The Morgan fingerprint density at radius 1 is 0.414 bits per heavy atom. The van der Waals surface area contributed by atoms with E-state index in [0.29, 0.717) is 23.9 Å². The maximum Gasteiger partial charge on any atom is 0.306 e. The second-order valence-electron chi connectivity index (χ2n) is 24.3. The fourth-order valence-electron chi connectivity index (χ4n) is 9.43. The zero-order valence-corrected chi connectivity index (χ0v) is 57.6. The molecule has 0 fully saturated rings. The minimum Gasteiger partial charge on any atom is -0.756 e. The highest BCUT2D eigenvalue weighted by Crippen LogP contribution is 2.38. The predicted molar refractivity (Wildman–Crippen MR) is 376 cm³/mol. The van der Waals surface area contributed by atoms with E-state index in [1.807, 2.05) is 33.3 Å². The Balaban J connectivity index is 5.19. The van der Waals surface area contributed by atoms with Gasteiger partial charge in [0, 0.05) is 12.8 Å². The number of amides is 1. The van der Waals surface area contributed by atoms with E-state index in [2.05, 4.69) is 160 Å². The standard InChI is InChI=1S/C77H131N2O7P/c1-7-10-13-16-19-22-25-28-30-32-34-36-37-38-39-40-41-43-44-46-48-51-54-57-60-63-66-69-76(80)78-74(73-85-87(82,83)84-72-71-79(4,5)6)75(68-65-62-59-56-53-50-27-24-21-18-15-12-9-3)86-77(81)70-67-64-61-58-55-52-49-47-45-42-35-33-31-29-26-23-20-17-14-11-8-2/h10-11,13-14,19-20,22-23,28-31,34-36,38-39,41-43,47,49,65,68,74-75H,7-9,12,15-18,21,24-27,32-33,37,40,44-46,48,50-64,66-67,69-73H2,1-6H3,(H-,78,80,82,83)/b13-10-,14-11-,22-19-,23-20-,30-28-,31-29-,36-34-,39-38-,42-35-,43-41-,49-47-,68-65-. The van der Waals surface area contributed by atoms with Gasteiger partial charge in [-0.1, -0.05) is 283 Å². The Labute approximate surface area is 536 Å². The number of unbranched alkanes of at least 4 members (excludes halogenated alkanes) is 24. The Kier molecular flexibility index (Phi) is 61.8. The highest BCUT2D eigenvalue weighted by molar-refractivity contribution is 7.45. The van der Waals surface area contributed by atoms with Crippen LogP contribution in [0, 0.1) is 0 Å². The number of hydrogen-bond acceptors (Lipinski definition) is 7. The molecule has 0 rings (SSSR count). The Hall–Kier alpha value is -4.11. The number of rotatable bonds is 62. The topological polar surface area (TPSA) is 114 Å². The van der Waals surface area contributed by atoms with Gasteiger partial charge in [-0.05, 0) is 128 Å². The maximum absolute atomic E-state index is 13.6. The van der Waals surface area contributed by atoms with Crippen LogP contribution in [0.3, 0.4) is 0 Å². The molecule has 0 aliphatic rings. The third-order valence-electron chi connectivity index (χ3n) is 14.8. The number of carbonyl (C=O) groups excluding carboxylic acids is 2. The van der Waals surface area contributed by atoms with E-state index in [4.69, 9.17) is 13.8 Å². The summed E-state index contributed by atoms with van der Waals surface area (Å²) in [4.78, 5) is 40.2. The summed E-state index contributed by atoms with van der Waals surface area (Å²) >= 11 is 0. The van der Waals surface area contributed by atoms with Crippen LogP contribution < -0.4 is 10.2 Å². The van der Waals surface area contributed by atoms with Crippen molar-refractivity contribution in [3.63, 3.8) is 0 Å². The molecule has 0 aromatic heterocycles. The number of phosphoric ester groups is 1. The number of ether oxygens (including phenoxy) is 1. The lowest BCUT2D eigenvalue weighted by Gasteiger charge is -2.30. The third-order valence-corrected chi connectivity index (χ3v) is 15.7. The van der Waals surface area contributed by atoms with Gasteiger partial charge in [0.25, 0.3) is 7.82 Å². The molecule has 1 amide bonds. The summed E-state index contributed by atoms with van der Waals surface area (Å²) in [6.45, 7) is 6.59. The molecule has 0 spiro atoms. The van der Waals surface area contributed by atoms with Crippen LogP contribution in [0.4, 0.5) is 0 Å². The van der Waals surface area contributed by atoms with Crippen molar-refractivity contribution in [3.05, 3.63) is 146 Å². The molecule has 1 N–H and O–H groups in total. The van der Waals surface area contributed by atoms with E-state index in [1.54, 1.807) is 0 Å². The fourth-order valence-corrected chi connectivity index (χ4v) is 10.2. The molecule has 0 heterocycles. The number of quaternary nitrogens is 1. The predicted octanol–water partition coefficient (Wildman–Crippen LogP) is 21.9. The molecule has 10 heteroatoms. The number of nitrogens with zero attached hydrogens (tertiary/aromatic N) is 1. The second-order valence-corrected chi connectivity index (χ2v) is 25.7. The monoisotopic (exact) mass is 1230 g/mol. The van der Waals surface area contributed by atoms with Crippen molar-refractivity contribution in [2.24, 2.45) is 0 Å². The minimum atomic E-state index is -4.72. The molecule has 0 aliphatic heterocycles. The van der Waals surface area contributed by atoms with Crippen LogP contribution >= 0.6 is 7.82 Å². The molecule has 0 aromatic rings. The van der Waals surface area contributed by atoms with Crippen molar-refractivity contribution in [2.75, 3.05) is 40.9 Å². The van der Waals surface area contributed by atoms with Gasteiger partial charge in [-0.2, -0.15) is 0 Å². The van der Waals surface area contributed by atoms with Gasteiger partial charge in [-0.3, -0.25) is 14.2 Å². The maximum atomic E-state index is 13.6. The number of likely N-dealkylation sites (N-methyl/N-ethyl adjacent to an activating group) is 1. The van der Waals surface area contributed by atoms with Crippen molar-refractivity contribution < 1.29 is 37.3 Å². The summed E-state index contributed by atoms with van der Waals surface area (Å²) in [6, 6.07) is -0.914. The molecule has 3 unspecified atom stereocenters. The molecule has 0 aliphatic carbocycles. The van der Waals surface area contributed by atoms with Crippen LogP contribution in [0.15, 0.2) is 146 Å². The molecule has 0 saturated carbocycles. The molecule has 496 valence electrons. The van der Waals surface area contributed by atoms with Crippen LogP contribution in [0.1, 0.15) is 278 Å². The van der Waals surface area contributed by atoms with E-state index >= 15 is 0 Å². The van der Waals surface area contributed by atoms with Gasteiger partial charge in [-0.25, -0.2) is 0 Å². The van der Waals surface area contributed by atoms with Gasteiger partial charge in [0.15, 0.2) is 0 Å². The Morgan fingerprint density at radius 3 is 1.10 bits per heavy atom. The van der Waals surface area contributed by atoms with E-state index < -0.39 is 26.6 Å². The number of phosphoric acid groups is 1. The number of allylic oxidation sites excluding steroid dienone is 23. The second kappa shape index (κ2) is 64.9. The summed E-state index contributed by atoms with van der Waals surface area (Å²) < 4.78 is 30.4.